The predicted molar refractivity (Wildman–Crippen MR) is 109 cm³/mol. The number of phenolic OH excluding ortho intramolecular Hbond substituents is 1. The van der Waals surface area contributed by atoms with Gasteiger partial charge in [-0.15, -0.1) is 0 Å². The molecule has 1 amide bonds. The van der Waals surface area contributed by atoms with E-state index in [1.807, 2.05) is 19.0 Å². The Morgan fingerprint density at radius 1 is 1.17 bits per heavy atom. The zero-order valence-electron chi connectivity index (χ0n) is 16.9. The smallest absolute Gasteiger partial charge is 0.295 e. The number of nitrogens with zero attached hydrogens (tertiary/aromatic N) is 2. The van der Waals surface area contributed by atoms with Crippen molar-refractivity contribution in [3.63, 3.8) is 0 Å². The molecule has 1 heterocycles. The molecule has 1 aliphatic rings. The number of Topliss-reactive ketones (excluding diaryl/α,β-unsaturated/α-hetero) is 1. The SMILES string of the molecule is COc1ccc(C2/C(=C(/O)c3ccc(F)cc3)C(=O)C(=O)N2CCN(C)C)cc1O. The molecule has 0 radical (unpaired) electrons. The van der Waals surface area contributed by atoms with E-state index in [0.29, 0.717) is 12.1 Å². The standard InChI is InChI=1S/C22H23FN2O5/c1-24(2)10-11-25-19(14-6-9-17(30-3)16(26)12-14)18(21(28)22(25)29)20(27)13-4-7-15(23)8-5-13/h4-9,12,19,26-27H,10-11H2,1-3H3/b20-18-. The topological polar surface area (TPSA) is 90.3 Å². The number of likely N-dealkylation sites (tertiary alicyclic amines) is 1. The Bertz CT molecular complexity index is 1000. The summed E-state index contributed by atoms with van der Waals surface area (Å²) in [4.78, 5) is 28.8. The Balaban J connectivity index is 2.16. The lowest BCUT2D eigenvalue weighted by Gasteiger charge is -2.26. The number of hydrogen-bond donors (Lipinski definition) is 2. The van der Waals surface area contributed by atoms with Crippen LogP contribution in [0.25, 0.3) is 5.76 Å². The van der Waals surface area contributed by atoms with Gasteiger partial charge in [0, 0.05) is 18.7 Å². The maximum atomic E-state index is 13.3. The first kappa shape index (κ1) is 21.3. The van der Waals surface area contributed by atoms with Gasteiger partial charge in [0.1, 0.15) is 11.6 Å². The molecule has 1 saturated heterocycles. The Morgan fingerprint density at radius 3 is 2.40 bits per heavy atom. The Kier molecular flexibility index (Phi) is 6.07. The molecule has 158 valence electrons. The third-order valence-electron chi connectivity index (χ3n) is 4.96. The van der Waals surface area contributed by atoms with Crippen molar-refractivity contribution in [2.45, 2.75) is 6.04 Å². The van der Waals surface area contributed by atoms with Crippen molar-refractivity contribution >= 4 is 17.4 Å². The summed E-state index contributed by atoms with van der Waals surface area (Å²) in [6.07, 6.45) is 0. The quantitative estimate of drug-likeness (QED) is 0.429. The number of aliphatic hydroxyl groups excluding tert-OH is 1. The van der Waals surface area contributed by atoms with Gasteiger partial charge in [-0.25, -0.2) is 4.39 Å². The van der Waals surface area contributed by atoms with E-state index in [2.05, 4.69) is 0 Å². The highest BCUT2D eigenvalue weighted by Crippen LogP contribution is 2.41. The van der Waals surface area contributed by atoms with Crippen molar-refractivity contribution in [3.05, 3.63) is 65.0 Å². The summed E-state index contributed by atoms with van der Waals surface area (Å²) in [6, 6.07) is 8.62. The lowest BCUT2D eigenvalue weighted by Crippen LogP contribution is -2.35. The van der Waals surface area contributed by atoms with E-state index in [4.69, 9.17) is 4.74 Å². The van der Waals surface area contributed by atoms with Crippen LogP contribution in [0.1, 0.15) is 17.2 Å². The van der Waals surface area contributed by atoms with E-state index in [1.165, 1.54) is 36.3 Å². The van der Waals surface area contributed by atoms with Gasteiger partial charge in [-0.3, -0.25) is 9.59 Å². The maximum Gasteiger partial charge on any atom is 0.295 e. The summed E-state index contributed by atoms with van der Waals surface area (Å²) >= 11 is 0. The van der Waals surface area contributed by atoms with E-state index < -0.39 is 29.3 Å². The third kappa shape index (κ3) is 3.99. The molecule has 1 unspecified atom stereocenters. The monoisotopic (exact) mass is 414 g/mol. The summed E-state index contributed by atoms with van der Waals surface area (Å²) in [5.74, 6) is -2.40. The first-order chi connectivity index (χ1) is 14.2. The number of aliphatic hydroxyl groups is 1. The number of benzene rings is 2. The maximum absolute atomic E-state index is 13.3. The number of rotatable bonds is 6. The number of carbonyl (C=O) groups is 2. The molecule has 7 nitrogen and oxygen atoms in total. The van der Waals surface area contributed by atoms with Crippen LogP contribution in [0.15, 0.2) is 48.0 Å². The molecule has 0 aromatic heterocycles. The molecule has 0 aliphatic carbocycles. The van der Waals surface area contributed by atoms with Crippen LogP contribution in [0.5, 0.6) is 11.5 Å². The molecule has 8 heteroatoms. The van der Waals surface area contributed by atoms with Gasteiger partial charge in [-0.05, 0) is 56.1 Å². The number of methoxy groups -OCH3 is 1. The van der Waals surface area contributed by atoms with E-state index in [9.17, 15) is 24.2 Å². The molecule has 2 N–H and O–H groups in total. The van der Waals surface area contributed by atoms with Crippen LogP contribution in [0.3, 0.4) is 0 Å². The van der Waals surface area contributed by atoms with Gasteiger partial charge in [0.05, 0.1) is 18.7 Å². The first-order valence-electron chi connectivity index (χ1n) is 9.30. The van der Waals surface area contributed by atoms with E-state index in [-0.39, 0.29) is 29.2 Å². The summed E-state index contributed by atoms with van der Waals surface area (Å²) in [7, 11) is 5.08. The molecular formula is C22H23FN2O5. The first-order valence-corrected chi connectivity index (χ1v) is 9.30. The molecule has 0 bridgehead atoms. The molecule has 2 aromatic carbocycles. The van der Waals surface area contributed by atoms with Crippen LogP contribution >= 0.6 is 0 Å². The molecule has 2 aromatic rings. The number of hydrogen-bond acceptors (Lipinski definition) is 6. The zero-order valence-corrected chi connectivity index (χ0v) is 16.9. The second kappa shape index (κ2) is 8.54. The van der Waals surface area contributed by atoms with Crippen LogP contribution in [-0.2, 0) is 9.59 Å². The molecular weight excluding hydrogens is 391 g/mol. The largest absolute Gasteiger partial charge is 0.507 e. The zero-order chi connectivity index (χ0) is 22.0. The van der Waals surface area contributed by atoms with Crippen molar-refractivity contribution < 1.29 is 28.9 Å². The number of aromatic hydroxyl groups is 1. The van der Waals surface area contributed by atoms with Gasteiger partial charge in [0.15, 0.2) is 11.5 Å². The number of carbonyl (C=O) groups excluding carboxylic acids is 2. The van der Waals surface area contributed by atoms with Gasteiger partial charge in [-0.1, -0.05) is 6.07 Å². The van der Waals surface area contributed by atoms with E-state index in [1.54, 1.807) is 6.07 Å². The van der Waals surface area contributed by atoms with Crippen molar-refractivity contribution in [3.8, 4) is 11.5 Å². The summed E-state index contributed by atoms with van der Waals surface area (Å²) in [5.41, 5.74) is 0.537. The molecule has 1 aliphatic heterocycles. The number of halogens is 1. The summed E-state index contributed by atoms with van der Waals surface area (Å²) in [6.45, 7) is 0.720. The van der Waals surface area contributed by atoms with E-state index in [0.717, 1.165) is 12.1 Å². The third-order valence-corrected chi connectivity index (χ3v) is 4.96. The molecule has 1 fully saturated rings. The predicted octanol–water partition coefficient (Wildman–Crippen LogP) is 2.52. The molecule has 0 saturated carbocycles. The molecule has 0 spiro atoms. The average molecular weight is 414 g/mol. The number of ether oxygens (including phenoxy) is 1. The Morgan fingerprint density at radius 2 is 1.83 bits per heavy atom. The van der Waals surface area contributed by atoms with Gasteiger partial charge in [0.25, 0.3) is 11.7 Å². The lowest BCUT2D eigenvalue weighted by molar-refractivity contribution is -0.140. The van der Waals surface area contributed by atoms with Gasteiger partial charge in [-0.2, -0.15) is 0 Å². The van der Waals surface area contributed by atoms with Gasteiger partial charge >= 0.3 is 0 Å². The van der Waals surface area contributed by atoms with Crippen molar-refractivity contribution in [1.82, 2.24) is 9.80 Å². The number of amides is 1. The Hall–Kier alpha value is -3.39. The van der Waals surface area contributed by atoms with Gasteiger partial charge in [0.2, 0.25) is 0 Å². The van der Waals surface area contributed by atoms with Crippen molar-refractivity contribution in [2.75, 3.05) is 34.3 Å². The number of ketones is 1. The molecule has 1 atom stereocenters. The fraction of sp³-hybridized carbons (Fsp3) is 0.273. The van der Waals surface area contributed by atoms with Crippen molar-refractivity contribution in [2.24, 2.45) is 0 Å². The highest BCUT2D eigenvalue weighted by atomic mass is 19.1. The second-order valence-electron chi connectivity index (χ2n) is 7.23. The lowest BCUT2D eigenvalue weighted by atomic mass is 9.95. The Labute approximate surface area is 173 Å². The summed E-state index contributed by atoms with van der Waals surface area (Å²) < 4.78 is 18.4. The normalized spacial score (nSPS) is 18.3. The van der Waals surface area contributed by atoms with Crippen LogP contribution in [0.2, 0.25) is 0 Å². The van der Waals surface area contributed by atoms with E-state index >= 15 is 0 Å². The molecule has 30 heavy (non-hydrogen) atoms. The minimum absolute atomic E-state index is 0.116. The van der Waals surface area contributed by atoms with Gasteiger partial charge < -0.3 is 24.7 Å². The minimum Gasteiger partial charge on any atom is -0.507 e. The highest BCUT2D eigenvalue weighted by Gasteiger charge is 2.46. The summed E-state index contributed by atoms with van der Waals surface area (Å²) in [5, 5.41) is 21.1. The fourth-order valence-corrected chi connectivity index (χ4v) is 3.41. The number of phenols is 1. The molecule has 3 rings (SSSR count). The van der Waals surface area contributed by atoms with Crippen LogP contribution in [0, 0.1) is 5.82 Å². The highest BCUT2D eigenvalue weighted by molar-refractivity contribution is 6.46. The average Bonchev–Trinajstić information content (AvgIpc) is 2.96. The number of likely N-dealkylation sites (N-methyl/N-ethyl adjacent to an activating group) is 1. The van der Waals surface area contributed by atoms with Crippen molar-refractivity contribution in [1.29, 1.82) is 0 Å². The fourth-order valence-electron chi connectivity index (χ4n) is 3.41. The van der Waals surface area contributed by atoms with Crippen LogP contribution in [-0.4, -0.2) is 66.0 Å². The minimum atomic E-state index is -0.910. The second-order valence-corrected chi connectivity index (χ2v) is 7.23. The van der Waals surface area contributed by atoms with Crippen LogP contribution < -0.4 is 4.74 Å². The van der Waals surface area contributed by atoms with Crippen LogP contribution in [0.4, 0.5) is 4.39 Å².